The molecule has 0 saturated heterocycles. The van der Waals surface area contributed by atoms with Crippen molar-refractivity contribution < 1.29 is 9.59 Å². The molecule has 9 heteroatoms. The van der Waals surface area contributed by atoms with Crippen molar-refractivity contribution in [3.63, 3.8) is 0 Å². The van der Waals surface area contributed by atoms with E-state index in [1.807, 2.05) is 79.7 Å². The van der Waals surface area contributed by atoms with Crippen molar-refractivity contribution in [3.8, 4) is 10.6 Å². The van der Waals surface area contributed by atoms with Crippen LogP contribution in [0.25, 0.3) is 10.6 Å². The number of hydrogen-bond donors (Lipinski definition) is 2. The molecular formula is C26H24BrN5O2S. The molecule has 2 N–H and O–H groups in total. The molecule has 0 unspecified atom stereocenters. The molecule has 0 fully saturated rings. The lowest BCUT2D eigenvalue weighted by atomic mass is 10.0. The van der Waals surface area contributed by atoms with Crippen molar-refractivity contribution in [1.82, 2.24) is 15.5 Å². The zero-order chi connectivity index (χ0) is 24.8. The molecule has 1 atom stereocenters. The molecular weight excluding hydrogens is 526 g/mol. The number of nitrogens with one attached hydrogen (secondary N) is 2. The van der Waals surface area contributed by atoms with E-state index in [-0.39, 0.29) is 11.8 Å². The molecule has 4 rings (SSSR count). The van der Waals surface area contributed by atoms with E-state index in [0.29, 0.717) is 22.1 Å². The molecule has 0 aliphatic rings. The highest BCUT2D eigenvalue weighted by molar-refractivity contribution is 9.10. The second-order valence-electron chi connectivity index (χ2n) is 8.07. The third kappa shape index (κ3) is 6.52. The molecule has 35 heavy (non-hydrogen) atoms. The molecule has 0 radical (unpaired) electrons. The molecule has 1 aromatic heterocycles. The first-order valence-electron chi connectivity index (χ1n) is 10.9. The van der Waals surface area contributed by atoms with Crippen molar-refractivity contribution in [1.29, 1.82) is 0 Å². The Bertz CT molecular complexity index is 1310. The summed E-state index contributed by atoms with van der Waals surface area (Å²) >= 11 is 4.66. The highest BCUT2D eigenvalue weighted by atomic mass is 79.9. The topological polar surface area (TPSA) is 87.2 Å². The van der Waals surface area contributed by atoms with E-state index in [4.69, 9.17) is 0 Å². The predicted molar refractivity (Wildman–Crippen MR) is 144 cm³/mol. The van der Waals surface area contributed by atoms with Crippen LogP contribution in [0.1, 0.15) is 15.9 Å². The second-order valence-corrected chi connectivity index (χ2v) is 9.96. The Morgan fingerprint density at radius 2 is 1.71 bits per heavy atom. The summed E-state index contributed by atoms with van der Waals surface area (Å²) in [6.45, 7) is 0. The van der Waals surface area contributed by atoms with Crippen molar-refractivity contribution in [2.24, 2.45) is 0 Å². The summed E-state index contributed by atoms with van der Waals surface area (Å²) in [5.41, 5.74) is 3.39. The Balaban J connectivity index is 1.50. The average Bonchev–Trinajstić information content (AvgIpc) is 3.32. The number of carbonyl (C=O) groups is 2. The number of hydrogen-bond acceptors (Lipinski definition) is 6. The van der Waals surface area contributed by atoms with Crippen LogP contribution in [0.15, 0.2) is 83.3 Å². The van der Waals surface area contributed by atoms with Gasteiger partial charge in [-0.05, 0) is 48.0 Å². The first-order valence-corrected chi connectivity index (χ1v) is 12.5. The molecule has 0 spiro atoms. The second kappa shape index (κ2) is 11.2. The maximum atomic E-state index is 13.2. The number of benzene rings is 3. The standard InChI is InChI=1S/C26H24BrN5O2S/c1-32(2)21-13-11-18(12-14-21)25-30-31-26(35-25)29-24(34)22(15-17-7-4-3-5-8-17)28-23(33)19-9-6-10-20(27)16-19/h3-14,16,22H,15H2,1-2H3,(H,28,33)(H,29,31,34)/t22-/m1/s1. The van der Waals surface area contributed by atoms with Crippen LogP contribution < -0.4 is 15.5 Å². The molecule has 4 aromatic rings. The van der Waals surface area contributed by atoms with Gasteiger partial charge in [-0.15, -0.1) is 10.2 Å². The molecule has 178 valence electrons. The SMILES string of the molecule is CN(C)c1ccc(-c2nnc(NC(=O)[C@@H](Cc3ccccc3)NC(=O)c3cccc(Br)c3)s2)cc1. The predicted octanol–water partition coefficient (Wildman–Crippen LogP) is 5.01. The maximum absolute atomic E-state index is 13.2. The fourth-order valence-corrected chi connectivity index (χ4v) is 4.57. The lowest BCUT2D eigenvalue weighted by Gasteiger charge is -2.18. The molecule has 0 bridgehead atoms. The van der Waals surface area contributed by atoms with Gasteiger partial charge in [0.25, 0.3) is 5.91 Å². The number of nitrogens with zero attached hydrogens (tertiary/aromatic N) is 3. The third-order valence-electron chi connectivity index (χ3n) is 5.28. The molecule has 3 aromatic carbocycles. The van der Waals surface area contributed by atoms with Crippen LogP contribution in [0.5, 0.6) is 0 Å². The van der Waals surface area contributed by atoms with Gasteiger partial charge >= 0.3 is 0 Å². The van der Waals surface area contributed by atoms with Gasteiger partial charge in [-0.2, -0.15) is 0 Å². The zero-order valence-corrected chi connectivity index (χ0v) is 21.6. The average molecular weight is 550 g/mol. The van der Waals surface area contributed by atoms with E-state index in [2.05, 4.69) is 36.8 Å². The van der Waals surface area contributed by atoms with Crippen LogP contribution in [0.2, 0.25) is 0 Å². The number of amides is 2. The van der Waals surface area contributed by atoms with E-state index < -0.39 is 6.04 Å². The Morgan fingerprint density at radius 1 is 0.971 bits per heavy atom. The molecule has 2 amide bonds. The fraction of sp³-hybridized carbons (Fsp3) is 0.154. The number of halogens is 1. The summed E-state index contributed by atoms with van der Waals surface area (Å²) < 4.78 is 0.786. The van der Waals surface area contributed by atoms with E-state index in [1.54, 1.807) is 18.2 Å². The van der Waals surface area contributed by atoms with Gasteiger partial charge in [0, 0.05) is 41.8 Å². The molecule has 0 aliphatic heterocycles. The van der Waals surface area contributed by atoms with Crippen LogP contribution in [0.3, 0.4) is 0 Å². The normalized spacial score (nSPS) is 11.5. The summed E-state index contributed by atoms with van der Waals surface area (Å²) in [5, 5.41) is 15.1. The van der Waals surface area contributed by atoms with Gasteiger partial charge < -0.3 is 10.2 Å². The van der Waals surface area contributed by atoms with E-state index in [9.17, 15) is 9.59 Å². The van der Waals surface area contributed by atoms with Crippen molar-refractivity contribution in [2.45, 2.75) is 12.5 Å². The summed E-state index contributed by atoms with van der Waals surface area (Å²) in [7, 11) is 3.96. The van der Waals surface area contributed by atoms with Crippen LogP contribution in [0, 0.1) is 0 Å². The Labute approximate surface area is 216 Å². The first kappa shape index (κ1) is 24.6. The number of rotatable bonds is 8. The number of carbonyl (C=O) groups excluding carboxylic acids is 2. The first-order chi connectivity index (χ1) is 16.9. The quantitative estimate of drug-likeness (QED) is 0.322. The lowest BCUT2D eigenvalue weighted by molar-refractivity contribution is -0.118. The maximum Gasteiger partial charge on any atom is 0.251 e. The summed E-state index contributed by atoms with van der Waals surface area (Å²) in [4.78, 5) is 28.1. The van der Waals surface area contributed by atoms with Gasteiger partial charge in [-0.3, -0.25) is 14.9 Å². The Morgan fingerprint density at radius 3 is 2.40 bits per heavy atom. The van der Waals surface area contributed by atoms with Crippen LogP contribution in [-0.2, 0) is 11.2 Å². The zero-order valence-electron chi connectivity index (χ0n) is 19.2. The highest BCUT2D eigenvalue weighted by Gasteiger charge is 2.23. The van der Waals surface area contributed by atoms with E-state index in [0.717, 1.165) is 21.3 Å². The highest BCUT2D eigenvalue weighted by Crippen LogP contribution is 2.28. The number of aromatic nitrogens is 2. The molecule has 0 saturated carbocycles. The minimum atomic E-state index is -0.796. The smallest absolute Gasteiger partial charge is 0.251 e. The summed E-state index contributed by atoms with van der Waals surface area (Å²) in [5.74, 6) is -0.691. The van der Waals surface area contributed by atoms with Gasteiger partial charge in [0.05, 0.1) is 0 Å². The van der Waals surface area contributed by atoms with Crippen molar-refractivity contribution in [3.05, 3.63) is 94.5 Å². The van der Waals surface area contributed by atoms with Crippen LogP contribution in [0.4, 0.5) is 10.8 Å². The Hall–Kier alpha value is -3.56. The monoisotopic (exact) mass is 549 g/mol. The van der Waals surface area contributed by atoms with Crippen molar-refractivity contribution >= 4 is 49.9 Å². The van der Waals surface area contributed by atoms with Crippen LogP contribution in [-0.4, -0.2) is 42.1 Å². The largest absolute Gasteiger partial charge is 0.378 e. The summed E-state index contributed by atoms with van der Waals surface area (Å²) in [6.07, 6.45) is 0.337. The van der Waals surface area contributed by atoms with E-state index in [1.165, 1.54) is 11.3 Å². The third-order valence-corrected chi connectivity index (χ3v) is 6.66. The molecule has 7 nitrogen and oxygen atoms in total. The fourth-order valence-electron chi connectivity index (χ4n) is 3.42. The van der Waals surface area contributed by atoms with Crippen LogP contribution >= 0.6 is 27.3 Å². The van der Waals surface area contributed by atoms with Crippen molar-refractivity contribution in [2.75, 3.05) is 24.3 Å². The Kier molecular flexibility index (Phi) is 7.89. The minimum absolute atomic E-state index is 0.332. The van der Waals surface area contributed by atoms with Gasteiger partial charge in [-0.1, -0.05) is 63.7 Å². The minimum Gasteiger partial charge on any atom is -0.378 e. The molecule has 1 heterocycles. The lowest BCUT2D eigenvalue weighted by Crippen LogP contribution is -2.45. The number of anilines is 2. The van der Waals surface area contributed by atoms with Gasteiger partial charge in [0.2, 0.25) is 11.0 Å². The van der Waals surface area contributed by atoms with Gasteiger partial charge in [0.15, 0.2) is 0 Å². The van der Waals surface area contributed by atoms with Gasteiger partial charge in [0.1, 0.15) is 11.0 Å². The van der Waals surface area contributed by atoms with E-state index >= 15 is 0 Å². The molecule has 0 aliphatic carbocycles. The van der Waals surface area contributed by atoms with Gasteiger partial charge in [-0.25, -0.2) is 0 Å². The summed E-state index contributed by atoms with van der Waals surface area (Å²) in [6, 6.07) is 23.7.